The maximum Gasteiger partial charge on any atom is 0.387 e. The fourth-order valence-corrected chi connectivity index (χ4v) is 1.90. The number of ether oxygens (including phenoxy) is 2. The summed E-state index contributed by atoms with van der Waals surface area (Å²) in [4.78, 5) is 11.8. The largest absolute Gasteiger partial charge is 0.493 e. The number of rotatable bonds is 8. The van der Waals surface area contributed by atoms with Gasteiger partial charge in [0, 0.05) is 12.1 Å². The van der Waals surface area contributed by atoms with E-state index in [-0.39, 0.29) is 23.4 Å². The molecule has 0 aromatic heterocycles. The number of halogens is 2. The third-order valence-corrected chi connectivity index (χ3v) is 3.16. The van der Waals surface area contributed by atoms with Crippen molar-refractivity contribution in [2.75, 3.05) is 7.11 Å². The van der Waals surface area contributed by atoms with Crippen molar-refractivity contribution in [1.29, 1.82) is 0 Å². The van der Waals surface area contributed by atoms with E-state index in [0.717, 1.165) is 12.8 Å². The predicted molar refractivity (Wildman–Crippen MR) is 81.2 cm³/mol. The van der Waals surface area contributed by atoms with Crippen LogP contribution in [0, 0.1) is 0 Å². The van der Waals surface area contributed by atoms with E-state index >= 15 is 0 Å². The molecule has 0 aliphatic carbocycles. The van der Waals surface area contributed by atoms with Gasteiger partial charge in [0.2, 0.25) is 5.91 Å². The molecule has 1 rings (SSSR count). The molecule has 1 aromatic carbocycles. The SMILES string of the molecule is CCC(CC)NC(=O)/C=C/c1ccc(OC(F)F)c(OC)c1. The van der Waals surface area contributed by atoms with Gasteiger partial charge in [-0.3, -0.25) is 4.79 Å². The second-order valence-electron chi connectivity index (χ2n) is 4.64. The fraction of sp³-hybridized carbons (Fsp3) is 0.438. The summed E-state index contributed by atoms with van der Waals surface area (Å²) < 4.78 is 33.8. The van der Waals surface area contributed by atoms with Crippen LogP contribution in [0.25, 0.3) is 6.08 Å². The molecule has 0 heterocycles. The number of hydrogen-bond donors (Lipinski definition) is 1. The molecule has 0 radical (unpaired) electrons. The van der Waals surface area contributed by atoms with Crippen LogP contribution >= 0.6 is 0 Å². The predicted octanol–water partition coefficient (Wildman–Crippen LogP) is 3.61. The number of methoxy groups -OCH3 is 1. The number of hydrogen-bond acceptors (Lipinski definition) is 3. The Bertz CT molecular complexity index is 514. The zero-order valence-corrected chi connectivity index (χ0v) is 12.9. The Balaban J connectivity index is 2.77. The van der Waals surface area contributed by atoms with E-state index in [1.807, 2.05) is 13.8 Å². The number of carbonyl (C=O) groups excluding carboxylic acids is 1. The minimum atomic E-state index is -2.92. The molecule has 0 aliphatic heterocycles. The van der Waals surface area contributed by atoms with Crippen LogP contribution in [-0.4, -0.2) is 25.7 Å². The molecule has 4 nitrogen and oxygen atoms in total. The number of alkyl halides is 2. The van der Waals surface area contributed by atoms with Gasteiger partial charge in [0.25, 0.3) is 0 Å². The lowest BCUT2D eigenvalue weighted by Gasteiger charge is -2.12. The molecule has 1 aromatic rings. The molecule has 0 fully saturated rings. The van der Waals surface area contributed by atoms with E-state index in [9.17, 15) is 13.6 Å². The third-order valence-electron chi connectivity index (χ3n) is 3.16. The summed E-state index contributed by atoms with van der Waals surface area (Å²) >= 11 is 0. The monoisotopic (exact) mass is 313 g/mol. The molecular formula is C16H21F2NO3. The van der Waals surface area contributed by atoms with E-state index in [0.29, 0.717) is 5.56 Å². The van der Waals surface area contributed by atoms with E-state index in [2.05, 4.69) is 10.1 Å². The van der Waals surface area contributed by atoms with Gasteiger partial charge in [0.05, 0.1) is 7.11 Å². The first-order valence-electron chi connectivity index (χ1n) is 7.11. The summed E-state index contributed by atoms with van der Waals surface area (Å²) in [5.74, 6) is -0.0560. The first kappa shape index (κ1) is 17.9. The summed E-state index contributed by atoms with van der Waals surface area (Å²) in [6.45, 7) is 1.09. The third kappa shape index (κ3) is 5.71. The zero-order valence-electron chi connectivity index (χ0n) is 12.9. The van der Waals surface area contributed by atoms with Crippen LogP contribution < -0.4 is 14.8 Å². The second-order valence-corrected chi connectivity index (χ2v) is 4.64. The van der Waals surface area contributed by atoms with Gasteiger partial charge in [-0.05, 0) is 36.6 Å². The Morgan fingerprint density at radius 3 is 2.50 bits per heavy atom. The maximum absolute atomic E-state index is 12.2. The van der Waals surface area contributed by atoms with Gasteiger partial charge in [-0.15, -0.1) is 0 Å². The van der Waals surface area contributed by atoms with Crippen molar-refractivity contribution in [3.05, 3.63) is 29.8 Å². The Labute approximate surface area is 129 Å². The van der Waals surface area contributed by atoms with Crippen molar-refractivity contribution >= 4 is 12.0 Å². The van der Waals surface area contributed by atoms with Crippen LogP contribution in [-0.2, 0) is 4.79 Å². The number of carbonyl (C=O) groups is 1. The van der Waals surface area contributed by atoms with Crippen LogP contribution in [0.5, 0.6) is 11.5 Å². The van der Waals surface area contributed by atoms with Crippen molar-refractivity contribution in [3.63, 3.8) is 0 Å². The molecule has 22 heavy (non-hydrogen) atoms. The van der Waals surface area contributed by atoms with Crippen LogP contribution in [0.1, 0.15) is 32.3 Å². The van der Waals surface area contributed by atoms with Gasteiger partial charge in [-0.25, -0.2) is 0 Å². The smallest absolute Gasteiger partial charge is 0.387 e. The minimum absolute atomic E-state index is 0.0452. The van der Waals surface area contributed by atoms with Gasteiger partial charge >= 0.3 is 6.61 Å². The summed E-state index contributed by atoms with van der Waals surface area (Å²) in [5.41, 5.74) is 0.651. The summed E-state index contributed by atoms with van der Waals surface area (Å²) in [7, 11) is 1.36. The summed E-state index contributed by atoms with van der Waals surface area (Å²) in [6.07, 6.45) is 4.72. The molecule has 1 N–H and O–H groups in total. The average molecular weight is 313 g/mol. The molecule has 1 amide bonds. The molecular weight excluding hydrogens is 292 g/mol. The number of nitrogens with one attached hydrogen (secondary N) is 1. The normalized spacial score (nSPS) is 11.2. The highest BCUT2D eigenvalue weighted by Crippen LogP contribution is 2.29. The zero-order chi connectivity index (χ0) is 16.5. The van der Waals surface area contributed by atoms with E-state index in [1.54, 1.807) is 12.1 Å². The quantitative estimate of drug-likeness (QED) is 0.746. The van der Waals surface area contributed by atoms with E-state index in [1.165, 1.54) is 25.3 Å². The topological polar surface area (TPSA) is 47.6 Å². The van der Waals surface area contributed by atoms with Gasteiger partial charge < -0.3 is 14.8 Å². The van der Waals surface area contributed by atoms with Crippen LogP contribution in [0.3, 0.4) is 0 Å². The fourth-order valence-electron chi connectivity index (χ4n) is 1.90. The van der Waals surface area contributed by atoms with Gasteiger partial charge in [0.1, 0.15) is 0 Å². The van der Waals surface area contributed by atoms with E-state index in [4.69, 9.17) is 4.74 Å². The molecule has 0 unspecified atom stereocenters. The summed E-state index contributed by atoms with van der Waals surface area (Å²) in [5, 5.41) is 2.87. The first-order chi connectivity index (χ1) is 10.5. The highest BCUT2D eigenvalue weighted by atomic mass is 19.3. The molecule has 0 saturated carbocycles. The minimum Gasteiger partial charge on any atom is -0.493 e. The van der Waals surface area contributed by atoms with Crippen LogP contribution in [0.15, 0.2) is 24.3 Å². The maximum atomic E-state index is 12.2. The van der Waals surface area contributed by atoms with Crippen molar-refractivity contribution in [2.45, 2.75) is 39.3 Å². The van der Waals surface area contributed by atoms with Crippen molar-refractivity contribution in [3.8, 4) is 11.5 Å². The highest BCUT2D eigenvalue weighted by molar-refractivity contribution is 5.92. The Kier molecular flexibility index (Phi) is 7.36. The Morgan fingerprint density at radius 1 is 1.27 bits per heavy atom. The molecule has 0 spiro atoms. The average Bonchev–Trinajstić information content (AvgIpc) is 2.51. The van der Waals surface area contributed by atoms with Gasteiger partial charge in [0.15, 0.2) is 11.5 Å². The number of benzene rings is 1. The number of amides is 1. The summed E-state index contributed by atoms with van der Waals surface area (Å²) in [6, 6.07) is 4.62. The van der Waals surface area contributed by atoms with E-state index < -0.39 is 6.61 Å². The van der Waals surface area contributed by atoms with Crippen LogP contribution in [0.2, 0.25) is 0 Å². The molecule has 122 valence electrons. The Morgan fingerprint density at radius 2 is 1.95 bits per heavy atom. The lowest BCUT2D eigenvalue weighted by molar-refractivity contribution is -0.117. The highest BCUT2D eigenvalue weighted by Gasteiger charge is 2.10. The molecule has 0 aliphatic rings. The standard InChI is InChI=1S/C16H21F2NO3/c1-4-12(5-2)19-15(20)9-7-11-6-8-13(22-16(17)18)14(10-11)21-3/h6-10,12,16H,4-5H2,1-3H3,(H,19,20)/b9-7+. The van der Waals surface area contributed by atoms with Gasteiger partial charge in [-0.2, -0.15) is 8.78 Å². The molecule has 0 bridgehead atoms. The first-order valence-corrected chi connectivity index (χ1v) is 7.11. The van der Waals surface area contributed by atoms with Gasteiger partial charge in [-0.1, -0.05) is 19.9 Å². The molecule has 0 saturated heterocycles. The second kappa shape index (κ2) is 9.02. The lowest BCUT2D eigenvalue weighted by atomic mass is 10.1. The van der Waals surface area contributed by atoms with Crippen LogP contribution in [0.4, 0.5) is 8.78 Å². The molecule has 0 atom stereocenters. The van der Waals surface area contributed by atoms with Crippen molar-refractivity contribution in [1.82, 2.24) is 5.32 Å². The van der Waals surface area contributed by atoms with Crippen molar-refractivity contribution < 1.29 is 23.0 Å². The Hall–Kier alpha value is -2.11. The van der Waals surface area contributed by atoms with Crippen molar-refractivity contribution in [2.24, 2.45) is 0 Å². The lowest BCUT2D eigenvalue weighted by Crippen LogP contribution is -2.32. The molecule has 6 heteroatoms.